The molecule has 19 heavy (non-hydrogen) atoms. The Bertz CT molecular complexity index is 245. The van der Waals surface area contributed by atoms with E-state index in [0.717, 1.165) is 6.42 Å². The van der Waals surface area contributed by atoms with Gasteiger partial charge in [-0.25, -0.2) is 0 Å². The molecule has 0 heterocycles. The zero-order valence-electron chi connectivity index (χ0n) is 12.3. The Labute approximate surface area is 125 Å². The van der Waals surface area contributed by atoms with Crippen LogP contribution in [0.5, 0.6) is 0 Å². The Morgan fingerprint density at radius 2 is 1.21 bits per heavy atom. The van der Waals surface area contributed by atoms with Gasteiger partial charge in [-0.05, 0) is 16.9 Å². The van der Waals surface area contributed by atoms with E-state index >= 15 is 0 Å². The molecule has 2 amide bonds. The maximum Gasteiger partial charge on any atom is 0.230 e. The van der Waals surface area contributed by atoms with Crippen molar-refractivity contribution in [2.75, 3.05) is 24.6 Å². The minimum atomic E-state index is 0.0698. The predicted octanol–water partition coefficient (Wildman–Crippen LogP) is 1.89. The van der Waals surface area contributed by atoms with Gasteiger partial charge in [0.15, 0.2) is 0 Å². The van der Waals surface area contributed by atoms with Crippen LogP contribution in [0, 0.1) is 0 Å². The Morgan fingerprint density at radius 3 is 1.53 bits per heavy atom. The van der Waals surface area contributed by atoms with Gasteiger partial charge in [-0.1, -0.05) is 27.7 Å². The molecule has 0 bridgehead atoms. The SMILES string of the molecule is CC(C)SCC(=O)NCCCNC(=O)CSC(C)C. The molecule has 0 aromatic heterocycles. The van der Waals surface area contributed by atoms with Crippen molar-refractivity contribution in [3.05, 3.63) is 0 Å². The molecular weight excluding hydrogens is 280 g/mol. The summed E-state index contributed by atoms with van der Waals surface area (Å²) in [5.41, 5.74) is 0. The standard InChI is InChI=1S/C13H26N2O2S2/c1-10(2)18-8-12(16)14-6-5-7-15-13(17)9-19-11(3)4/h10-11H,5-9H2,1-4H3,(H,14,16)(H,15,17). The van der Waals surface area contributed by atoms with Gasteiger partial charge in [-0.3, -0.25) is 9.59 Å². The van der Waals surface area contributed by atoms with Crippen molar-refractivity contribution in [1.82, 2.24) is 10.6 Å². The molecule has 0 saturated heterocycles. The maximum atomic E-state index is 11.4. The van der Waals surface area contributed by atoms with E-state index in [2.05, 4.69) is 38.3 Å². The molecule has 0 aromatic rings. The normalized spacial score (nSPS) is 10.8. The average Bonchev–Trinajstić information content (AvgIpc) is 2.33. The van der Waals surface area contributed by atoms with Crippen molar-refractivity contribution in [3.63, 3.8) is 0 Å². The van der Waals surface area contributed by atoms with Gasteiger partial charge in [0.05, 0.1) is 11.5 Å². The van der Waals surface area contributed by atoms with Gasteiger partial charge in [0.1, 0.15) is 0 Å². The molecule has 0 aliphatic carbocycles. The Kier molecular flexibility index (Phi) is 11.2. The van der Waals surface area contributed by atoms with E-state index in [1.165, 1.54) is 0 Å². The summed E-state index contributed by atoms with van der Waals surface area (Å²) >= 11 is 3.27. The van der Waals surface area contributed by atoms with Crippen molar-refractivity contribution in [2.45, 2.75) is 44.6 Å². The molecule has 0 saturated carbocycles. The molecule has 0 unspecified atom stereocenters. The van der Waals surface area contributed by atoms with Crippen molar-refractivity contribution in [2.24, 2.45) is 0 Å². The van der Waals surface area contributed by atoms with Crippen LogP contribution < -0.4 is 10.6 Å². The number of nitrogens with one attached hydrogen (secondary N) is 2. The van der Waals surface area contributed by atoms with Gasteiger partial charge in [0.2, 0.25) is 11.8 Å². The third-order valence-corrected chi connectivity index (χ3v) is 4.28. The van der Waals surface area contributed by atoms with Crippen molar-refractivity contribution in [1.29, 1.82) is 0 Å². The zero-order chi connectivity index (χ0) is 14.7. The van der Waals surface area contributed by atoms with Crippen LogP contribution >= 0.6 is 23.5 Å². The third kappa shape index (κ3) is 13.9. The molecule has 4 nitrogen and oxygen atoms in total. The molecular formula is C13H26N2O2S2. The lowest BCUT2D eigenvalue weighted by molar-refractivity contribution is -0.118. The van der Waals surface area contributed by atoms with Crippen LogP contribution in [0.25, 0.3) is 0 Å². The largest absolute Gasteiger partial charge is 0.355 e. The van der Waals surface area contributed by atoms with Crippen LogP contribution in [-0.4, -0.2) is 46.9 Å². The number of amides is 2. The third-order valence-electron chi connectivity index (χ3n) is 2.09. The molecule has 0 aliphatic rings. The highest BCUT2D eigenvalue weighted by Gasteiger charge is 2.04. The van der Waals surface area contributed by atoms with Crippen molar-refractivity contribution < 1.29 is 9.59 Å². The lowest BCUT2D eigenvalue weighted by atomic mass is 10.4. The van der Waals surface area contributed by atoms with E-state index in [1.54, 1.807) is 23.5 Å². The maximum absolute atomic E-state index is 11.4. The first-order chi connectivity index (χ1) is 8.91. The van der Waals surface area contributed by atoms with Crippen LogP contribution in [-0.2, 0) is 9.59 Å². The quantitative estimate of drug-likeness (QED) is 0.605. The summed E-state index contributed by atoms with van der Waals surface area (Å²) in [5, 5.41) is 6.64. The molecule has 112 valence electrons. The number of hydrogen-bond acceptors (Lipinski definition) is 4. The molecule has 0 radical (unpaired) electrons. The van der Waals surface area contributed by atoms with E-state index in [1.807, 2.05) is 0 Å². The number of carbonyl (C=O) groups is 2. The van der Waals surface area contributed by atoms with Gasteiger partial charge in [-0.15, -0.1) is 23.5 Å². The fraction of sp³-hybridized carbons (Fsp3) is 0.846. The fourth-order valence-electron chi connectivity index (χ4n) is 1.13. The smallest absolute Gasteiger partial charge is 0.230 e. The molecule has 0 fully saturated rings. The van der Waals surface area contributed by atoms with E-state index < -0.39 is 0 Å². The summed E-state index contributed by atoms with van der Waals surface area (Å²) in [6.07, 6.45) is 0.774. The summed E-state index contributed by atoms with van der Waals surface area (Å²) in [6.45, 7) is 9.53. The second-order valence-electron chi connectivity index (χ2n) is 4.77. The van der Waals surface area contributed by atoms with Crippen molar-refractivity contribution in [3.8, 4) is 0 Å². The van der Waals surface area contributed by atoms with E-state index in [-0.39, 0.29) is 11.8 Å². The zero-order valence-corrected chi connectivity index (χ0v) is 14.0. The van der Waals surface area contributed by atoms with Crippen molar-refractivity contribution >= 4 is 35.3 Å². The number of rotatable bonds is 10. The number of hydrogen-bond donors (Lipinski definition) is 2. The molecule has 0 spiro atoms. The van der Waals surface area contributed by atoms with Gasteiger partial charge >= 0.3 is 0 Å². The fourth-order valence-corrected chi connectivity index (χ4v) is 2.30. The second kappa shape index (κ2) is 11.5. The van der Waals surface area contributed by atoms with Gasteiger partial charge < -0.3 is 10.6 Å². The molecule has 6 heteroatoms. The van der Waals surface area contributed by atoms with Crippen LogP contribution in [0.15, 0.2) is 0 Å². The monoisotopic (exact) mass is 306 g/mol. The highest BCUT2D eigenvalue weighted by Crippen LogP contribution is 2.08. The Balaban J connectivity index is 3.39. The molecule has 0 aromatic carbocycles. The van der Waals surface area contributed by atoms with Gasteiger partial charge in [0, 0.05) is 13.1 Å². The van der Waals surface area contributed by atoms with Crippen LogP contribution in [0.4, 0.5) is 0 Å². The molecule has 2 N–H and O–H groups in total. The molecule has 0 atom stereocenters. The lowest BCUT2D eigenvalue weighted by Gasteiger charge is -2.08. The Morgan fingerprint density at radius 1 is 0.842 bits per heavy atom. The van der Waals surface area contributed by atoms with Gasteiger partial charge in [0.25, 0.3) is 0 Å². The second-order valence-corrected chi connectivity index (χ2v) is 7.90. The average molecular weight is 306 g/mol. The molecule has 0 aliphatic heterocycles. The first kappa shape index (κ1) is 18.6. The lowest BCUT2D eigenvalue weighted by Crippen LogP contribution is -2.31. The van der Waals surface area contributed by atoms with Crippen LogP contribution in [0.3, 0.4) is 0 Å². The minimum absolute atomic E-state index is 0.0698. The summed E-state index contributed by atoms with van der Waals surface area (Å²) in [6, 6.07) is 0. The summed E-state index contributed by atoms with van der Waals surface area (Å²) in [4.78, 5) is 22.8. The van der Waals surface area contributed by atoms with E-state index in [9.17, 15) is 9.59 Å². The van der Waals surface area contributed by atoms with Crippen LogP contribution in [0.2, 0.25) is 0 Å². The first-order valence-electron chi connectivity index (χ1n) is 6.68. The van der Waals surface area contributed by atoms with E-state index in [4.69, 9.17) is 0 Å². The predicted molar refractivity (Wildman–Crippen MR) is 85.8 cm³/mol. The number of carbonyl (C=O) groups excluding carboxylic acids is 2. The Hall–Kier alpha value is -0.360. The summed E-state index contributed by atoms with van der Waals surface area (Å²) < 4.78 is 0. The minimum Gasteiger partial charge on any atom is -0.355 e. The van der Waals surface area contributed by atoms with Crippen LogP contribution in [0.1, 0.15) is 34.1 Å². The first-order valence-corrected chi connectivity index (χ1v) is 8.78. The van der Waals surface area contributed by atoms with Gasteiger partial charge in [-0.2, -0.15) is 0 Å². The highest BCUT2D eigenvalue weighted by molar-refractivity contribution is 8.00. The summed E-state index contributed by atoms with van der Waals surface area (Å²) in [7, 11) is 0. The highest BCUT2D eigenvalue weighted by atomic mass is 32.2. The van der Waals surface area contributed by atoms with E-state index in [0.29, 0.717) is 35.1 Å². The molecule has 0 rings (SSSR count). The number of thioether (sulfide) groups is 2. The summed E-state index contributed by atoms with van der Waals surface area (Å²) in [5.74, 6) is 1.16. The topological polar surface area (TPSA) is 58.2 Å².